The monoisotopic (exact) mass is 295 g/mol. The second kappa shape index (κ2) is 6.39. The second-order valence-corrected chi connectivity index (χ2v) is 6.53. The SMILES string of the molecule is CCCC1C(C)CCCN1C(=O)c1ccc(C(=O)O)s1. The number of carbonyl (C=O) groups excluding carboxylic acids is 1. The summed E-state index contributed by atoms with van der Waals surface area (Å²) in [5, 5.41) is 8.95. The Hall–Kier alpha value is -1.36. The van der Waals surface area contributed by atoms with Crippen LogP contribution in [-0.2, 0) is 0 Å². The number of likely N-dealkylation sites (tertiary alicyclic amines) is 1. The van der Waals surface area contributed by atoms with Gasteiger partial charge in [0.25, 0.3) is 5.91 Å². The van der Waals surface area contributed by atoms with Crippen molar-refractivity contribution in [3.05, 3.63) is 21.9 Å². The average molecular weight is 295 g/mol. The zero-order valence-corrected chi connectivity index (χ0v) is 12.8. The lowest BCUT2D eigenvalue weighted by molar-refractivity contribution is 0.0502. The van der Waals surface area contributed by atoms with Crippen LogP contribution in [0, 0.1) is 5.92 Å². The molecule has 1 saturated heterocycles. The van der Waals surface area contributed by atoms with Crippen molar-refractivity contribution >= 4 is 23.2 Å². The molecule has 2 atom stereocenters. The lowest BCUT2D eigenvalue weighted by Gasteiger charge is -2.40. The van der Waals surface area contributed by atoms with Crippen molar-refractivity contribution < 1.29 is 14.7 Å². The Morgan fingerprint density at radius 2 is 2.10 bits per heavy atom. The van der Waals surface area contributed by atoms with Gasteiger partial charge in [-0.05, 0) is 37.3 Å². The number of aromatic carboxylic acids is 1. The molecule has 0 aromatic carbocycles. The van der Waals surface area contributed by atoms with Crippen LogP contribution in [0.1, 0.15) is 58.9 Å². The molecule has 1 aromatic rings. The van der Waals surface area contributed by atoms with Crippen molar-refractivity contribution in [1.82, 2.24) is 4.90 Å². The van der Waals surface area contributed by atoms with Crippen LogP contribution in [0.25, 0.3) is 0 Å². The molecule has 0 aliphatic carbocycles. The molecule has 0 radical (unpaired) electrons. The fourth-order valence-electron chi connectivity index (χ4n) is 2.95. The van der Waals surface area contributed by atoms with E-state index in [0.717, 1.165) is 37.1 Å². The van der Waals surface area contributed by atoms with Gasteiger partial charge in [0.15, 0.2) is 0 Å². The van der Waals surface area contributed by atoms with Crippen molar-refractivity contribution in [2.24, 2.45) is 5.92 Å². The fraction of sp³-hybridized carbons (Fsp3) is 0.600. The first-order valence-corrected chi connectivity index (χ1v) is 8.00. The maximum atomic E-state index is 12.6. The molecular weight excluding hydrogens is 274 g/mol. The van der Waals surface area contributed by atoms with Gasteiger partial charge < -0.3 is 10.0 Å². The first kappa shape index (κ1) is 15.0. The first-order valence-electron chi connectivity index (χ1n) is 7.18. The summed E-state index contributed by atoms with van der Waals surface area (Å²) in [7, 11) is 0. The lowest BCUT2D eigenvalue weighted by atomic mass is 9.88. The molecule has 2 unspecified atom stereocenters. The van der Waals surface area contributed by atoms with Crippen LogP contribution < -0.4 is 0 Å². The number of amides is 1. The van der Waals surface area contributed by atoms with E-state index >= 15 is 0 Å². The number of rotatable bonds is 4. The zero-order chi connectivity index (χ0) is 14.7. The van der Waals surface area contributed by atoms with Gasteiger partial charge in [-0.3, -0.25) is 4.79 Å². The van der Waals surface area contributed by atoms with Crippen LogP contribution in [-0.4, -0.2) is 34.5 Å². The summed E-state index contributed by atoms with van der Waals surface area (Å²) in [6.45, 7) is 5.13. The number of piperidine rings is 1. The van der Waals surface area contributed by atoms with Gasteiger partial charge >= 0.3 is 5.97 Å². The second-order valence-electron chi connectivity index (χ2n) is 5.44. The van der Waals surface area contributed by atoms with Crippen LogP contribution >= 0.6 is 11.3 Å². The summed E-state index contributed by atoms with van der Waals surface area (Å²) in [6, 6.07) is 3.44. The Morgan fingerprint density at radius 1 is 1.40 bits per heavy atom. The van der Waals surface area contributed by atoms with Gasteiger partial charge in [-0.1, -0.05) is 20.3 Å². The first-order chi connectivity index (χ1) is 9.54. The molecule has 1 amide bonds. The van der Waals surface area contributed by atoms with Crippen LogP contribution in [0.3, 0.4) is 0 Å². The summed E-state index contributed by atoms with van der Waals surface area (Å²) in [4.78, 5) is 26.2. The van der Waals surface area contributed by atoms with Gasteiger partial charge in [-0.2, -0.15) is 0 Å². The Morgan fingerprint density at radius 3 is 2.70 bits per heavy atom. The van der Waals surface area contributed by atoms with Crippen molar-refractivity contribution in [1.29, 1.82) is 0 Å². The van der Waals surface area contributed by atoms with Crippen LogP contribution in [0.15, 0.2) is 12.1 Å². The highest BCUT2D eigenvalue weighted by Crippen LogP contribution is 2.29. The van der Waals surface area contributed by atoms with Gasteiger partial charge in [0.2, 0.25) is 0 Å². The lowest BCUT2D eigenvalue weighted by Crippen LogP contribution is -2.47. The molecule has 0 spiro atoms. The largest absolute Gasteiger partial charge is 0.477 e. The molecule has 20 heavy (non-hydrogen) atoms. The van der Waals surface area contributed by atoms with E-state index < -0.39 is 5.97 Å². The quantitative estimate of drug-likeness (QED) is 0.925. The maximum Gasteiger partial charge on any atom is 0.345 e. The highest BCUT2D eigenvalue weighted by Gasteiger charge is 2.32. The highest BCUT2D eigenvalue weighted by atomic mass is 32.1. The number of nitrogens with zero attached hydrogens (tertiary/aromatic N) is 1. The number of thiophene rings is 1. The predicted molar refractivity (Wildman–Crippen MR) is 79.4 cm³/mol. The summed E-state index contributed by atoms with van der Waals surface area (Å²) in [5.41, 5.74) is 0. The third kappa shape index (κ3) is 3.03. The number of carboxylic acids is 1. The molecule has 1 aromatic heterocycles. The number of hydrogen-bond donors (Lipinski definition) is 1. The summed E-state index contributed by atoms with van der Waals surface area (Å²) < 4.78 is 0. The molecule has 5 heteroatoms. The average Bonchev–Trinajstić information content (AvgIpc) is 2.90. The van der Waals surface area contributed by atoms with E-state index in [1.54, 1.807) is 6.07 Å². The normalized spacial score (nSPS) is 22.8. The van der Waals surface area contributed by atoms with Gasteiger partial charge in [-0.25, -0.2) is 4.79 Å². The standard InChI is InChI=1S/C15H21NO3S/c1-3-5-11-10(2)6-4-9-16(11)14(17)12-7-8-13(20-12)15(18)19/h7-8,10-11H,3-6,9H2,1-2H3,(H,18,19). The third-order valence-corrected chi connectivity index (χ3v) is 5.05. The van der Waals surface area contributed by atoms with E-state index in [2.05, 4.69) is 13.8 Å². The minimum absolute atomic E-state index is 0.00694. The Balaban J connectivity index is 2.18. The smallest absolute Gasteiger partial charge is 0.345 e. The molecule has 4 nitrogen and oxygen atoms in total. The van der Waals surface area contributed by atoms with E-state index in [1.165, 1.54) is 12.5 Å². The zero-order valence-electron chi connectivity index (χ0n) is 12.0. The molecule has 0 bridgehead atoms. The maximum absolute atomic E-state index is 12.6. The number of hydrogen-bond acceptors (Lipinski definition) is 3. The van der Waals surface area contributed by atoms with Gasteiger partial charge in [0.1, 0.15) is 4.88 Å². The van der Waals surface area contributed by atoms with E-state index in [4.69, 9.17) is 5.11 Å². The van der Waals surface area contributed by atoms with Crippen molar-refractivity contribution in [3.8, 4) is 0 Å². The van der Waals surface area contributed by atoms with E-state index in [9.17, 15) is 9.59 Å². The Kier molecular flexibility index (Phi) is 4.81. The molecule has 110 valence electrons. The van der Waals surface area contributed by atoms with Crippen molar-refractivity contribution in [3.63, 3.8) is 0 Å². The van der Waals surface area contributed by atoms with Crippen molar-refractivity contribution in [2.75, 3.05) is 6.54 Å². The minimum Gasteiger partial charge on any atom is -0.477 e. The molecule has 2 heterocycles. The Labute approximate surface area is 123 Å². The molecule has 1 aliphatic rings. The minimum atomic E-state index is -0.967. The number of carbonyl (C=O) groups is 2. The number of carboxylic acid groups (broad SMARTS) is 1. The van der Waals surface area contributed by atoms with E-state index in [0.29, 0.717) is 10.8 Å². The predicted octanol–water partition coefficient (Wildman–Crippen LogP) is 3.49. The van der Waals surface area contributed by atoms with Crippen LogP contribution in [0.5, 0.6) is 0 Å². The third-order valence-electron chi connectivity index (χ3n) is 3.99. The Bertz CT molecular complexity index is 497. The summed E-state index contributed by atoms with van der Waals surface area (Å²) in [5.74, 6) is -0.453. The molecule has 2 rings (SSSR count). The van der Waals surface area contributed by atoms with E-state index in [-0.39, 0.29) is 16.8 Å². The molecule has 1 N–H and O–H groups in total. The highest BCUT2D eigenvalue weighted by molar-refractivity contribution is 7.15. The fourth-order valence-corrected chi connectivity index (χ4v) is 3.75. The molecule has 0 saturated carbocycles. The summed E-state index contributed by atoms with van der Waals surface area (Å²) in [6.07, 6.45) is 4.28. The van der Waals surface area contributed by atoms with Gasteiger partial charge in [-0.15, -0.1) is 11.3 Å². The van der Waals surface area contributed by atoms with Gasteiger partial charge in [0, 0.05) is 12.6 Å². The summed E-state index contributed by atoms with van der Waals surface area (Å²) >= 11 is 1.07. The van der Waals surface area contributed by atoms with Crippen LogP contribution in [0.2, 0.25) is 0 Å². The van der Waals surface area contributed by atoms with Crippen LogP contribution in [0.4, 0.5) is 0 Å². The topological polar surface area (TPSA) is 57.6 Å². The van der Waals surface area contributed by atoms with E-state index in [1.807, 2.05) is 4.90 Å². The molecule has 1 aliphatic heterocycles. The van der Waals surface area contributed by atoms with Gasteiger partial charge in [0.05, 0.1) is 4.88 Å². The van der Waals surface area contributed by atoms with Crippen molar-refractivity contribution in [2.45, 2.75) is 45.6 Å². The molecule has 1 fully saturated rings. The molecular formula is C15H21NO3S.